The molecule has 2 N–H and O–H groups in total. The SMILES string of the molecule is C[C@H](c1cccc(OC(F)(F)F)c1)N(C(=O)c1ccccc1)[C@@H](C(N)=O)c1ccccc1. The molecule has 2 atom stereocenters. The van der Waals surface area contributed by atoms with Gasteiger partial charge in [-0.3, -0.25) is 9.59 Å². The van der Waals surface area contributed by atoms with Crippen molar-refractivity contribution in [3.8, 4) is 5.75 Å². The van der Waals surface area contributed by atoms with E-state index < -0.39 is 36.0 Å². The molecule has 0 unspecified atom stereocenters. The molecule has 0 saturated carbocycles. The standard InChI is InChI=1S/C24H21F3N2O3/c1-16(19-13-8-14-20(15-19)32-24(25,26)27)29(23(31)18-11-6-3-7-12-18)21(22(28)30)17-9-4-2-5-10-17/h2-16,21H,1H3,(H2,28,30)/t16-,21-/m1/s1. The van der Waals surface area contributed by atoms with Gasteiger partial charge >= 0.3 is 6.36 Å². The van der Waals surface area contributed by atoms with Crippen molar-refractivity contribution in [2.24, 2.45) is 5.73 Å². The van der Waals surface area contributed by atoms with Gasteiger partial charge in [0.25, 0.3) is 5.91 Å². The molecule has 0 fully saturated rings. The number of carbonyl (C=O) groups is 2. The summed E-state index contributed by atoms with van der Waals surface area (Å²) >= 11 is 0. The Balaban J connectivity index is 2.09. The number of alkyl halides is 3. The van der Waals surface area contributed by atoms with Crippen LogP contribution in [0.4, 0.5) is 13.2 Å². The van der Waals surface area contributed by atoms with Gasteiger partial charge in [-0.05, 0) is 42.3 Å². The normalized spacial score (nSPS) is 13.1. The molecule has 0 spiro atoms. The number of hydrogen-bond acceptors (Lipinski definition) is 3. The molecule has 3 aromatic rings. The maximum Gasteiger partial charge on any atom is 0.573 e. The number of nitrogens with zero attached hydrogens (tertiary/aromatic N) is 1. The van der Waals surface area contributed by atoms with E-state index in [4.69, 9.17) is 5.73 Å². The second-order valence-corrected chi connectivity index (χ2v) is 7.09. The molecule has 0 aliphatic carbocycles. The maximum absolute atomic E-state index is 13.5. The summed E-state index contributed by atoms with van der Waals surface area (Å²) in [4.78, 5) is 27.3. The first-order valence-electron chi connectivity index (χ1n) is 9.75. The topological polar surface area (TPSA) is 72.6 Å². The van der Waals surface area contributed by atoms with Crippen LogP contribution < -0.4 is 10.5 Å². The zero-order valence-corrected chi connectivity index (χ0v) is 17.1. The van der Waals surface area contributed by atoms with Crippen molar-refractivity contribution < 1.29 is 27.5 Å². The smallest absolute Gasteiger partial charge is 0.406 e. The third-order valence-electron chi connectivity index (χ3n) is 4.91. The van der Waals surface area contributed by atoms with Crippen LogP contribution in [-0.4, -0.2) is 23.1 Å². The van der Waals surface area contributed by atoms with Crippen LogP contribution >= 0.6 is 0 Å². The average Bonchev–Trinajstić information content (AvgIpc) is 2.76. The minimum Gasteiger partial charge on any atom is -0.406 e. The van der Waals surface area contributed by atoms with E-state index in [0.717, 1.165) is 6.07 Å². The van der Waals surface area contributed by atoms with E-state index in [1.165, 1.54) is 17.0 Å². The quantitative estimate of drug-likeness (QED) is 0.559. The summed E-state index contributed by atoms with van der Waals surface area (Å²) in [5.74, 6) is -1.69. The van der Waals surface area contributed by atoms with Crippen molar-refractivity contribution >= 4 is 11.8 Å². The van der Waals surface area contributed by atoms with Gasteiger partial charge < -0.3 is 15.4 Å². The number of amides is 2. The summed E-state index contributed by atoms with van der Waals surface area (Å²) in [5, 5.41) is 0. The van der Waals surface area contributed by atoms with E-state index in [1.54, 1.807) is 73.7 Å². The van der Waals surface area contributed by atoms with Crippen LogP contribution in [-0.2, 0) is 4.79 Å². The lowest BCUT2D eigenvalue weighted by Gasteiger charge is -2.35. The van der Waals surface area contributed by atoms with Crippen LogP contribution in [0.15, 0.2) is 84.9 Å². The van der Waals surface area contributed by atoms with Gasteiger partial charge in [0.1, 0.15) is 11.8 Å². The Morgan fingerprint density at radius 1 is 0.875 bits per heavy atom. The van der Waals surface area contributed by atoms with Crippen LogP contribution in [0.2, 0.25) is 0 Å². The largest absolute Gasteiger partial charge is 0.573 e. The van der Waals surface area contributed by atoms with Crippen molar-refractivity contribution in [1.29, 1.82) is 0 Å². The number of rotatable bonds is 7. The summed E-state index contributed by atoms with van der Waals surface area (Å²) in [6.45, 7) is 1.62. The Bertz CT molecular complexity index is 1070. The zero-order valence-electron chi connectivity index (χ0n) is 17.1. The number of carbonyl (C=O) groups excluding carboxylic acids is 2. The van der Waals surface area contributed by atoms with Crippen LogP contribution in [0, 0.1) is 0 Å². The van der Waals surface area contributed by atoms with Crippen molar-refractivity contribution in [2.45, 2.75) is 25.4 Å². The van der Waals surface area contributed by atoms with Crippen LogP contribution in [0.5, 0.6) is 5.75 Å². The highest BCUT2D eigenvalue weighted by Crippen LogP contribution is 2.34. The zero-order chi connectivity index (χ0) is 23.3. The first-order chi connectivity index (χ1) is 15.2. The van der Waals surface area contributed by atoms with E-state index in [1.807, 2.05) is 0 Å². The molecule has 0 aliphatic rings. The van der Waals surface area contributed by atoms with Gasteiger partial charge in [0.2, 0.25) is 5.91 Å². The van der Waals surface area contributed by atoms with Crippen LogP contribution in [0.3, 0.4) is 0 Å². The second kappa shape index (κ2) is 9.55. The van der Waals surface area contributed by atoms with E-state index in [2.05, 4.69) is 4.74 Å². The molecule has 5 nitrogen and oxygen atoms in total. The number of ether oxygens (including phenoxy) is 1. The van der Waals surface area contributed by atoms with Crippen molar-refractivity contribution in [1.82, 2.24) is 4.90 Å². The average molecular weight is 442 g/mol. The van der Waals surface area contributed by atoms with Gasteiger partial charge in [-0.25, -0.2) is 0 Å². The monoisotopic (exact) mass is 442 g/mol. The third kappa shape index (κ3) is 5.46. The molecule has 0 radical (unpaired) electrons. The van der Waals surface area contributed by atoms with Crippen molar-refractivity contribution in [2.75, 3.05) is 0 Å². The van der Waals surface area contributed by atoms with E-state index in [0.29, 0.717) is 16.7 Å². The number of halogens is 3. The predicted octanol–water partition coefficient (Wildman–Crippen LogP) is 5.02. The highest BCUT2D eigenvalue weighted by atomic mass is 19.4. The lowest BCUT2D eigenvalue weighted by molar-refractivity contribution is -0.274. The Hall–Kier alpha value is -3.81. The summed E-state index contributed by atoms with van der Waals surface area (Å²) in [7, 11) is 0. The fourth-order valence-electron chi connectivity index (χ4n) is 3.48. The fourth-order valence-corrected chi connectivity index (χ4v) is 3.48. The summed E-state index contributed by atoms with van der Waals surface area (Å²) in [6, 6.07) is 20.1. The molecule has 3 rings (SSSR count). The second-order valence-electron chi connectivity index (χ2n) is 7.09. The summed E-state index contributed by atoms with van der Waals surface area (Å²) in [6.07, 6.45) is -4.86. The van der Waals surface area contributed by atoms with Gasteiger partial charge in [0.05, 0.1) is 6.04 Å². The highest BCUT2D eigenvalue weighted by Gasteiger charge is 2.35. The number of nitrogens with two attached hydrogens (primary N) is 1. The van der Waals surface area contributed by atoms with Crippen molar-refractivity contribution in [3.63, 3.8) is 0 Å². The molecule has 0 saturated heterocycles. The van der Waals surface area contributed by atoms with Gasteiger partial charge in [0, 0.05) is 5.56 Å². The molecule has 3 aromatic carbocycles. The third-order valence-corrected chi connectivity index (χ3v) is 4.91. The van der Waals surface area contributed by atoms with E-state index >= 15 is 0 Å². The van der Waals surface area contributed by atoms with Gasteiger partial charge in [0.15, 0.2) is 0 Å². The molecule has 8 heteroatoms. The maximum atomic E-state index is 13.5. The molecule has 0 bridgehead atoms. The van der Waals surface area contributed by atoms with E-state index in [-0.39, 0.29) is 0 Å². The number of primary amides is 1. The lowest BCUT2D eigenvalue weighted by Crippen LogP contribution is -2.43. The van der Waals surface area contributed by atoms with Gasteiger partial charge in [-0.2, -0.15) is 0 Å². The van der Waals surface area contributed by atoms with Gasteiger partial charge in [-0.15, -0.1) is 13.2 Å². The molecular weight excluding hydrogens is 421 g/mol. The molecule has 0 heterocycles. The predicted molar refractivity (Wildman–Crippen MR) is 113 cm³/mol. The van der Waals surface area contributed by atoms with Crippen molar-refractivity contribution in [3.05, 3.63) is 102 Å². The van der Waals surface area contributed by atoms with Crippen LogP contribution in [0.25, 0.3) is 0 Å². The van der Waals surface area contributed by atoms with Gasteiger partial charge in [-0.1, -0.05) is 60.7 Å². The fraction of sp³-hybridized carbons (Fsp3) is 0.167. The lowest BCUT2D eigenvalue weighted by atomic mass is 9.98. The minimum absolute atomic E-state index is 0.309. The number of hydrogen-bond donors (Lipinski definition) is 1. The Kier molecular flexibility index (Phi) is 6.82. The Labute approximate surface area is 183 Å². The molecule has 32 heavy (non-hydrogen) atoms. The molecule has 0 aromatic heterocycles. The molecule has 2 amide bonds. The van der Waals surface area contributed by atoms with E-state index in [9.17, 15) is 22.8 Å². The minimum atomic E-state index is -4.86. The summed E-state index contributed by atoms with van der Waals surface area (Å²) < 4.78 is 42.1. The summed E-state index contributed by atoms with van der Waals surface area (Å²) in [5.41, 5.74) is 6.85. The molecular formula is C24H21F3N2O3. The Morgan fingerprint density at radius 2 is 1.44 bits per heavy atom. The first-order valence-corrected chi connectivity index (χ1v) is 9.75. The first kappa shape index (κ1) is 22.9. The van der Waals surface area contributed by atoms with Crippen LogP contribution in [0.1, 0.15) is 40.5 Å². The molecule has 0 aliphatic heterocycles. The molecule has 166 valence electrons. The number of benzene rings is 3. The highest BCUT2D eigenvalue weighted by molar-refractivity contribution is 5.98. The Morgan fingerprint density at radius 3 is 2.00 bits per heavy atom.